The molecule has 2 aromatic rings. The summed E-state index contributed by atoms with van der Waals surface area (Å²) in [7, 11) is 0. The molecule has 204 valence electrons. The molecule has 12 heteroatoms. The number of likely N-dealkylation sites (tertiary alicyclic amines) is 1. The van der Waals surface area contributed by atoms with Gasteiger partial charge in [0, 0.05) is 43.4 Å². The summed E-state index contributed by atoms with van der Waals surface area (Å²) in [5, 5.41) is 15.2. The van der Waals surface area contributed by atoms with Crippen LogP contribution in [0.4, 0.5) is 19.0 Å². The fourth-order valence-corrected chi connectivity index (χ4v) is 5.43. The van der Waals surface area contributed by atoms with Crippen LogP contribution >= 0.6 is 11.3 Å². The van der Waals surface area contributed by atoms with Gasteiger partial charge in [-0.1, -0.05) is 20.8 Å². The van der Waals surface area contributed by atoms with Gasteiger partial charge >= 0.3 is 6.18 Å². The Morgan fingerprint density at radius 3 is 2.51 bits per heavy atom. The molecule has 1 saturated heterocycles. The first kappa shape index (κ1) is 29.0. The van der Waals surface area contributed by atoms with Crippen LogP contribution in [0.3, 0.4) is 0 Å². The fourth-order valence-electron chi connectivity index (χ4n) is 4.35. The third kappa shape index (κ3) is 7.48. The maximum absolute atomic E-state index is 14.3. The number of halogens is 3. The maximum Gasteiger partial charge on any atom is 0.417 e. The number of anilines is 1. The van der Waals surface area contributed by atoms with Gasteiger partial charge in [0.25, 0.3) is 5.91 Å². The van der Waals surface area contributed by atoms with Gasteiger partial charge in [-0.15, -0.1) is 11.3 Å². The van der Waals surface area contributed by atoms with Gasteiger partial charge in [0.15, 0.2) is 5.01 Å². The molecule has 0 aromatic carbocycles. The molecule has 1 aliphatic rings. The third-order valence-electron chi connectivity index (χ3n) is 5.97. The predicted octanol–water partition coefficient (Wildman–Crippen LogP) is 4.52. The topological polar surface area (TPSA) is 107 Å². The number of nitrogens with zero attached hydrogens (tertiary/aromatic N) is 3. The van der Waals surface area contributed by atoms with Crippen LogP contribution in [0.5, 0.6) is 0 Å². The molecular weight excluding hydrogens is 507 g/mol. The molecule has 2 atom stereocenters. The van der Waals surface area contributed by atoms with Crippen molar-refractivity contribution in [1.82, 2.24) is 20.2 Å². The minimum atomic E-state index is -4.68. The number of carbonyl (C=O) groups is 2. The number of nitrogens with one attached hydrogen (secondary N) is 2. The van der Waals surface area contributed by atoms with Crippen molar-refractivity contribution < 1.29 is 27.9 Å². The molecule has 3 heterocycles. The Labute approximate surface area is 218 Å². The summed E-state index contributed by atoms with van der Waals surface area (Å²) < 4.78 is 42.8. The highest BCUT2D eigenvalue weighted by Gasteiger charge is 2.39. The van der Waals surface area contributed by atoms with Crippen LogP contribution in [-0.4, -0.2) is 63.6 Å². The number of amides is 2. The van der Waals surface area contributed by atoms with E-state index in [1.165, 1.54) is 6.20 Å². The van der Waals surface area contributed by atoms with E-state index in [1.54, 1.807) is 13.8 Å². The van der Waals surface area contributed by atoms with Gasteiger partial charge in [0.1, 0.15) is 5.82 Å². The Kier molecular flexibility index (Phi) is 8.35. The van der Waals surface area contributed by atoms with Crippen LogP contribution in [0.15, 0.2) is 12.3 Å². The van der Waals surface area contributed by atoms with E-state index in [0.29, 0.717) is 31.7 Å². The van der Waals surface area contributed by atoms with Gasteiger partial charge in [0.05, 0.1) is 21.7 Å². The second-order valence-electron chi connectivity index (χ2n) is 11.4. The zero-order chi connectivity index (χ0) is 27.8. The Morgan fingerprint density at radius 2 is 1.95 bits per heavy atom. The lowest BCUT2D eigenvalue weighted by Gasteiger charge is -2.28. The summed E-state index contributed by atoms with van der Waals surface area (Å²) >= 11 is 0.807. The second kappa shape index (κ2) is 10.7. The number of imide groups is 1. The van der Waals surface area contributed by atoms with Crippen molar-refractivity contribution >= 4 is 29.5 Å². The Hall–Kier alpha value is -2.57. The summed E-state index contributed by atoms with van der Waals surface area (Å²) in [6.07, 6.45) is -2.72. The van der Waals surface area contributed by atoms with Gasteiger partial charge in [-0.3, -0.25) is 19.8 Å². The summed E-state index contributed by atoms with van der Waals surface area (Å²) in [5.74, 6) is -0.958. The molecule has 2 amide bonds. The van der Waals surface area contributed by atoms with Crippen LogP contribution in [0.2, 0.25) is 0 Å². The van der Waals surface area contributed by atoms with Crippen LogP contribution in [0.1, 0.15) is 74.9 Å². The molecule has 3 rings (SSSR count). The van der Waals surface area contributed by atoms with Crippen molar-refractivity contribution in [3.05, 3.63) is 28.5 Å². The van der Waals surface area contributed by atoms with Gasteiger partial charge in [-0.25, -0.2) is 9.97 Å². The van der Waals surface area contributed by atoms with Crippen LogP contribution < -0.4 is 10.6 Å². The van der Waals surface area contributed by atoms with Gasteiger partial charge in [-0.05, 0) is 38.7 Å². The van der Waals surface area contributed by atoms with E-state index >= 15 is 0 Å². The molecule has 8 nitrogen and oxygen atoms in total. The number of β-amino-alcohol motifs (C(OH)–C–C–N with tert-alkyl or cyclic N) is 1. The average molecular weight is 542 g/mol. The second-order valence-corrected chi connectivity index (χ2v) is 12.4. The Bertz CT molecular complexity index is 1140. The summed E-state index contributed by atoms with van der Waals surface area (Å²) in [4.78, 5) is 34.1. The first-order chi connectivity index (χ1) is 17.0. The van der Waals surface area contributed by atoms with Crippen molar-refractivity contribution in [2.24, 2.45) is 5.41 Å². The number of hydrogen-bond donors (Lipinski definition) is 3. The van der Waals surface area contributed by atoms with Crippen LogP contribution in [0, 0.1) is 5.41 Å². The number of pyridine rings is 1. The molecule has 37 heavy (non-hydrogen) atoms. The van der Waals surface area contributed by atoms with Gasteiger partial charge in [-0.2, -0.15) is 13.2 Å². The molecule has 0 aliphatic carbocycles. The molecule has 1 fully saturated rings. The van der Waals surface area contributed by atoms with Crippen molar-refractivity contribution in [3.8, 4) is 10.4 Å². The number of alkyl halides is 3. The lowest BCUT2D eigenvalue weighted by molar-refractivity contribution is -0.137. The van der Waals surface area contributed by atoms with Crippen LogP contribution in [-0.2, 0) is 11.0 Å². The van der Waals surface area contributed by atoms with E-state index in [-0.39, 0.29) is 45.1 Å². The Morgan fingerprint density at radius 1 is 1.27 bits per heavy atom. The SMILES string of the molecule is C[C@H]1CC(c2nc(C(=O)NC=O)sc2-c2cnc(NCC(C)(C)C)cc2C(F)(F)F)CN1CC(C)(C)O. The predicted molar refractivity (Wildman–Crippen MR) is 137 cm³/mol. The van der Waals surface area contributed by atoms with E-state index in [0.717, 1.165) is 17.4 Å². The summed E-state index contributed by atoms with van der Waals surface area (Å²) in [5.41, 5.74) is -1.82. The number of aromatic nitrogens is 2. The van der Waals surface area contributed by atoms with E-state index in [4.69, 9.17) is 0 Å². The summed E-state index contributed by atoms with van der Waals surface area (Å²) in [6.45, 7) is 12.5. The monoisotopic (exact) mass is 541 g/mol. The standard InChI is InChI=1S/C25H34F3N5O3S/c1-14-7-15(10-33(14)12-24(5,6)36)19-20(37-22(32-19)21(35)31-13-34)16-9-29-18(30-11-23(2,3)4)8-17(16)25(26,27)28/h8-9,13-15,36H,7,10-12H2,1-6H3,(H,29,30)(H,31,34,35)/t14-,15?/m0/s1. The molecule has 3 N–H and O–H groups in total. The zero-order valence-corrected chi connectivity index (χ0v) is 22.7. The number of rotatable bonds is 8. The maximum atomic E-state index is 14.3. The lowest BCUT2D eigenvalue weighted by Crippen LogP contribution is -2.40. The van der Waals surface area contributed by atoms with Crippen molar-refractivity contribution in [2.75, 3.05) is 25.0 Å². The normalized spacial score (nSPS) is 19.2. The minimum absolute atomic E-state index is 0.0439. The highest BCUT2D eigenvalue weighted by Crippen LogP contribution is 2.45. The smallest absolute Gasteiger partial charge is 0.389 e. The van der Waals surface area contributed by atoms with Crippen molar-refractivity contribution in [3.63, 3.8) is 0 Å². The summed E-state index contributed by atoms with van der Waals surface area (Å²) in [6, 6.07) is 1.02. The molecule has 0 bridgehead atoms. The average Bonchev–Trinajstić information content (AvgIpc) is 3.34. The molecule has 1 aliphatic heterocycles. The number of hydrogen-bond acceptors (Lipinski definition) is 8. The molecule has 2 aromatic heterocycles. The third-order valence-corrected chi connectivity index (χ3v) is 7.08. The molecule has 0 radical (unpaired) electrons. The van der Waals surface area contributed by atoms with Crippen LogP contribution in [0.25, 0.3) is 10.4 Å². The van der Waals surface area contributed by atoms with E-state index < -0.39 is 23.2 Å². The zero-order valence-electron chi connectivity index (χ0n) is 21.9. The molecular formula is C25H34F3N5O3S. The van der Waals surface area contributed by atoms with Crippen molar-refractivity contribution in [2.45, 2.75) is 71.7 Å². The number of carbonyl (C=O) groups excluding carboxylic acids is 2. The van der Waals surface area contributed by atoms with E-state index in [1.807, 2.05) is 33.0 Å². The quantitative estimate of drug-likeness (QED) is 0.422. The highest BCUT2D eigenvalue weighted by atomic mass is 32.1. The number of thiazole rings is 1. The van der Waals surface area contributed by atoms with E-state index in [2.05, 4.69) is 20.2 Å². The highest BCUT2D eigenvalue weighted by molar-refractivity contribution is 7.17. The first-order valence-corrected chi connectivity index (χ1v) is 12.8. The molecule has 0 spiro atoms. The molecule has 0 saturated carbocycles. The van der Waals surface area contributed by atoms with E-state index in [9.17, 15) is 27.9 Å². The van der Waals surface area contributed by atoms with Crippen molar-refractivity contribution in [1.29, 1.82) is 0 Å². The number of aliphatic hydroxyl groups is 1. The Balaban J connectivity index is 2.09. The minimum Gasteiger partial charge on any atom is -0.389 e. The largest absolute Gasteiger partial charge is 0.417 e. The molecule has 1 unspecified atom stereocenters. The lowest BCUT2D eigenvalue weighted by atomic mass is 9.96. The van der Waals surface area contributed by atoms with Gasteiger partial charge in [0.2, 0.25) is 6.41 Å². The first-order valence-electron chi connectivity index (χ1n) is 12.0. The fraction of sp³-hybridized carbons (Fsp3) is 0.600. The van der Waals surface area contributed by atoms with Gasteiger partial charge < -0.3 is 10.4 Å².